The summed E-state index contributed by atoms with van der Waals surface area (Å²) in [6.07, 6.45) is 3.20. The average Bonchev–Trinajstić information content (AvgIpc) is 2.72. The Hall–Kier alpha value is -0.840. The maximum absolute atomic E-state index is 13.9. The standard InChI is InChI=1S/C14H16ClFN2O.ClH/c15-12-3-1-2-11(13(12)16)14(19)18-7-6-9-4-5-10(8-18)17-9;/h1-3,9-10,17H,4-8H2;1H. The molecule has 2 bridgehead atoms. The number of likely N-dealkylation sites (tertiary alicyclic amines) is 1. The predicted molar refractivity (Wildman–Crippen MR) is 79.1 cm³/mol. The van der Waals surface area contributed by atoms with Gasteiger partial charge in [-0.3, -0.25) is 4.79 Å². The van der Waals surface area contributed by atoms with Crippen molar-refractivity contribution in [2.45, 2.75) is 31.3 Å². The Morgan fingerprint density at radius 2 is 2.05 bits per heavy atom. The number of carbonyl (C=O) groups is 1. The molecule has 20 heavy (non-hydrogen) atoms. The van der Waals surface area contributed by atoms with E-state index in [1.165, 1.54) is 18.6 Å². The molecule has 2 aliphatic rings. The second-order valence-electron chi connectivity index (χ2n) is 5.28. The van der Waals surface area contributed by atoms with Gasteiger partial charge in [0.05, 0.1) is 10.6 Å². The van der Waals surface area contributed by atoms with Crippen LogP contribution >= 0.6 is 24.0 Å². The SMILES string of the molecule is Cl.O=C(c1cccc(Cl)c1F)N1CCC2CCC(C1)N2. The molecule has 1 aromatic rings. The van der Waals surface area contributed by atoms with Crippen LogP contribution in [0.15, 0.2) is 18.2 Å². The van der Waals surface area contributed by atoms with Crippen LogP contribution < -0.4 is 5.32 Å². The maximum Gasteiger partial charge on any atom is 0.256 e. The van der Waals surface area contributed by atoms with Gasteiger partial charge in [-0.05, 0) is 31.4 Å². The summed E-state index contributed by atoms with van der Waals surface area (Å²) in [5.41, 5.74) is 0.0743. The van der Waals surface area contributed by atoms with Crippen molar-refractivity contribution in [1.82, 2.24) is 10.2 Å². The Morgan fingerprint density at radius 3 is 2.85 bits per heavy atom. The van der Waals surface area contributed by atoms with Gasteiger partial charge in [-0.1, -0.05) is 17.7 Å². The van der Waals surface area contributed by atoms with E-state index in [1.807, 2.05) is 0 Å². The summed E-state index contributed by atoms with van der Waals surface area (Å²) in [5, 5.41) is 3.50. The van der Waals surface area contributed by atoms with Crippen molar-refractivity contribution in [2.24, 2.45) is 0 Å². The minimum atomic E-state index is -0.614. The normalized spacial score (nSPS) is 25.0. The van der Waals surface area contributed by atoms with E-state index in [9.17, 15) is 9.18 Å². The van der Waals surface area contributed by atoms with Crippen LogP contribution in [0.5, 0.6) is 0 Å². The topological polar surface area (TPSA) is 32.3 Å². The highest BCUT2D eigenvalue weighted by Gasteiger charge is 2.32. The van der Waals surface area contributed by atoms with Gasteiger partial charge in [0.15, 0.2) is 5.82 Å². The highest BCUT2D eigenvalue weighted by molar-refractivity contribution is 6.31. The van der Waals surface area contributed by atoms with E-state index in [0.29, 0.717) is 25.2 Å². The van der Waals surface area contributed by atoms with Gasteiger partial charge >= 0.3 is 0 Å². The van der Waals surface area contributed by atoms with Gasteiger partial charge in [0.25, 0.3) is 5.91 Å². The second kappa shape index (κ2) is 6.29. The molecule has 1 amide bonds. The van der Waals surface area contributed by atoms with Crippen LogP contribution in [0.1, 0.15) is 29.6 Å². The fourth-order valence-corrected chi connectivity index (χ4v) is 3.14. The van der Waals surface area contributed by atoms with Crippen LogP contribution in [0.2, 0.25) is 5.02 Å². The molecule has 2 fully saturated rings. The summed E-state index contributed by atoms with van der Waals surface area (Å²) in [4.78, 5) is 14.1. The molecule has 0 saturated carbocycles. The largest absolute Gasteiger partial charge is 0.337 e. The van der Waals surface area contributed by atoms with Gasteiger partial charge in [-0.25, -0.2) is 4.39 Å². The first kappa shape index (κ1) is 15.5. The van der Waals surface area contributed by atoms with E-state index in [0.717, 1.165) is 12.8 Å². The van der Waals surface area contributed by atoms with Gasteiger partial charge in [-0.15, -0.1) is 12.4 Å². The van der Waals surface area contributed by atoms with E-state index in [1.54, 1.807) is 11.0 Å². The summed E-state index contributed by atoms with van der Waals surface area (Å²) >= 11 is 5.73. The number of nitrogens with one attached hydrogen (secondary N) is 1. The molecule has 0 radical (unpaired) electrons. The highest BCUT2D eigenvalue weighted by atomic mass is 35.5. The molecule has 0 spiro atoms. The quantitative estimate of drug-likeness (QED) is 0.863. The van der Waals surface area contributed by atoms with Gasteiger partial charge in [0, 0.05) is 25.2 Å². The van der Waals surface area contributed by atoms with E-state index in [2.05, 4.69) is 5.32 Å². The van der Waals surface area contributed by atoms with E-state index < -0.39 is 5.82 Å². The zero-order chi connectivity index (χ0) is 13.4. The number of nitrogens with zero attached hydrogens (tertiary/aromatic N) is 1. The molecule has 2 aliphatic heterocycles. The summed E-state index contributed by atoms with van der Waals surface area (Å²) < 4.78 is 13.9. The minimum Gasteiger partial charge on any atom is -0.337 e. The van der Waals surface area contributed by atoms with Crippen LogP contribution in [0.3, 0.4) is 0 Å². The molecular formula is C14H17Cl2FN2O. The lowest BCUT2D eigenvalue weighted by atomic mass is 10.1. The van der Waals surface area contributed by atoms with E-state index >= 15 is 0 Å². The Bertz CT molecular complexity index is 512. The van der Waals surface area contributed by atoms with Crippen LogP contribution in [0.25, 0.3) is 0 Å². The van der Waals surface area contributed by atoms with Crippen molar-refractivity contribution in [3.63, 3.8) is 0 Å². The van der Waals surface area contributed by atoms with Crippen LogP contribution in [0.4, 0.5) is 4.39 Å². The third kappa shape index (κ3) is 2.92. The first-order valence-electron chi connectivity index (χ1n) is 6.64. The molecule has 2 atom stereocenters. The van der Waals surface area contributed by atoms with Crippen molar-refractivity contribution in [3.8, 4) is 0 Å². The van der Waals surface area contributed by atoms with Crippen molar-refractivity contribution < 1.29 is 9.18 Å². The smallest absolute Gasteiger partial charge is 0.256 e. The summed E-state index contributed by atoms with van der Waals surface area (Å²) in [6, 6.07) is 5.42. The molecule has 0 aromatic heterocycles. The van der Waals surface area contributed by atoms with Crippen molar-refractivity contribution in [2.75, 3.05) is 13.1 Å². The molecule has 110 valence electrons. The molecule has 1 N–H and O–H groups in total. The van der Waals surface area contributed by atoms with Crippen molar-refractivity contribution in [1.29, 1.82) is 0 Å². The lowest BCUT2D eigenvalue weighted by molar-refractivity contribution is 0.0743. The van der Waals surface area contributed by atoms with Gasteiger partial charge in [0.2, 0.25) is 0 Å². The maximum atomic E-state index is 13.9. The van der Waals surface area contributed by atoms with Crippen LogP contribution in [-0.4, -0.2) is 36.0 Å². The minimum absolute atomic E-state index is 0. The third-order valence-electron chi connectivity index (χ3n) is 3.99. The first-order valence-corrected chi connectivity index (χ1v) is 7.02. The zero-order valence-electron chi connectivity index (χ0n) is 10.9. The van der Waals surface area contributed by atoms with E-state index in [4.69, 9.17) is 11.6 Å². The molecule has 3 nitrogen and oxygen atoms in total. The number of benzene rings is 1. The number of rotatable bonds is 1. The fourth-order valence-electron chi connectivity index (χ4n) is 2.97. The van der Waals surface area contributed by atoms with Crippen LogP contribution in [-0.2, 0) is 0 Å². The average molecular weight is 319 g/mol. The lowest BCUT2D eigenvalue weighted by Gasteiger charge is -2.24. The predicted octanol–water partition coefficient (Wildman–Crippen LogP) is 2.87. The highest BCUT2D eigenvalue weighted by Crippen LogP contribution is 2.24. The van der Waals surface area contributed by atoms with Gasteiger partial charge in [0.1, 0.15) is 0 Å². The zero-order valence-corrected chi connectivity index (χ0v) is 12.5. The number of hydrogen-bond donors (Lipinski definition) is 1. The monoisotopic (exact) mass is 318 g/mol. The lowest BCUT2D eigenvalue weighted by Crippen LogP contribution is -2.39. The molecule has 3 rings (SSSR count). The third-order valence-corrected chi connectivity index (χ3v) is 4.28. The number of halogens is 3. The van der Waals surface area contributed by atoms with Crippen molar-refractivity contribution >= 4 is 29.9 Å². The molecule has 2 unspecified atom stereocenters. The summed E-state index contributed by atoms with van der Waals surface area (Å²) in [7, 11) is 0. The van der Waals surface area contributed by atoms with Gasteiger partial charge in [-0.2, -0.15) is 0 Å². The number of fused-ring (bicyclic) bond motifs is 2. The molecule has 6 heteroatoms. The Labute approximate surface area is 128 Å². The first-order chi connectivity index (χ1) is 9.15. The van der Waals surface area contributed by atoms with Crippen molar-refractivity contribution in [3.05, 3.63) is 34.6 Å². The summed E-state index contributed by atoms with van der Waals surface area (Å²) in [5.74, 6) is -0.870. The summed E-state index contributed by atoms with van der Waals surface area (Å²) in [6.45, 7) is 1.33. The molecule has 1 aromatic carbocycles. The number of hydrogen-bond acceptors (Lipinski definition) is 2. The molecule has 2 saturated heterocycles. The number of amides is 1. The van der Waals surface area contributed by atoms with Gasteiger partial charge < -0.3 is 10.2 Å². The molecule has 2 heterocycles. The molecule has 0 aliphatic carbocycles. The van der Waals surface area contributed by atoms with Crippen LogP contribution in [0, 0.1) is 5.82 Å². The Kier molecular flexibility index (Phi) is 4.89. The second-order valence-corrected chi connectivity index (χ2v) is 5.69. The Balaban J connectivity index is 0.00000147. The van der Waals surface area contributed by atoms with E-state index in [-0.39, 0.29) is 28.9 Å². The Morgan fingerprint density at radius 1 is 1.30 bits per heavy atom. The fraction of sp³-hybridized carbons (Fsp3) is 0.500. The molecular weight excluding hydrogens is 302 g/mol. The number of carbonyl (C=O) groups excluding carboxylic acids is 1.